The second kappa shape index (κ2) is 4.56. The molecule has 0 amide bonds. The van der Waals surface area contributed by atoms with E-state index in [1.165, 1.54) is 31.4 Å². The molecule has 1 aromatic heterocycles. The van der Waals surface area contributed by atoms with Gasteiger partial charge in [-0.05, 0) is 18.6 Å². The molecule has 2 heterocycles. The van der Waals surface area contributed by atoms with Gasteiger partial charge in [-0.2, -0.15) is 11.8 Å². The first-order chi connectivity index (χ1) is 6.47. The minimum Gasteiger partial charge on any atom is -0.225 e. The van der Waals surface area contributed by atoms with Crippen molar-refractivity contribution in [2.75, 3.05) is 5.75 Å². The van der Waals surface area contributed by atoms with Gasteiger partial charge in [0.05, 0.1) is 5.25 Å². The summed E-state index contributed by atoms with van der Waals surface area (Å²) in [5.41, 5.74) is 0. The average molecular weight is 195 g/mol. The summed E-state index contributed by atoms with van der Waals surface area (Å²) in [6.07, 6.45) is 8.40. The molecular formula is C9H13N3S. The molecule has 0 aromatic carbocycles. The molecular weight excluding hydrogens is 182 g/mol. The van der Waals surface area contributed by atoms with Crippen molar-refractivity contribution >= 4 is 11.8 Å². The molecule has 70 valence electrons. The number of nitrogens with zero attached hydrogens (tertiary/aromatic N) is 3. The quantitative estimate of drug-likeness (QED) is 0.688. The zero-order chi connectivity index (χ0) is 8.93. The highest BCUT2D eigenvalue weighted by atomic mass is 32.2. The van der Waals surface area contributed by atoms with E-state index in [2.05, 4.69) is 15.0 Å². The fourth-order valence-electron chi connectivity index (χ4n) is 1.54. The minimum absolute atomic E-state index is 0.505. The summed E-state index contributed by atoms with van der Waals surface area (Å²) >= 11 is 1.98. The van der Waals surface area contributed by atoms with Crippen LogP contribution in [0.1, 0.15) is 36.8 Å². The minimum atomic E-state index is 0.505. The number of rotatable bonds is 1. The second-order valence-corrected chi connectivity index (χ2v) is 4.52. The van der Waals surface area contributed by atoms with Crippen molar-refractivity contribution in [2.45, 2.75) is 30.9 Å². The molecule has 0 radical (unpaired) electrons. The third-order valence-electron chi connectivity index (χ3n) is 2.23. The molecule has 3 nitrogen and oxygen atoms in total. The number of hydrogen-bond donors (Lipinski definition) is 0. The fourth-order valence-corrected chi connectivity index (χ4v) is 2.79. The highest BCUT2D eigenvalue weighted by Gasteiger charge is 2.16. The first-order valence-electron chi connectivity index (χ1n) is 4.70. The Labute approximate surface area is 82.4 Å². The molecule has 13 heavy (non-hydrogen) atoms. The van der Waals surface area contributed by atoms with Gasteiger partial charge < -0.3 is 0 Å². The zero-order valence-electron chi connectivity index (χ0n) is 7.52. The lowest BCUT2D eigenvalue weighted by Gasteiger charge is -2.10. The summed E-state index contributed by atoms with van der Waals surface area (Å²) in [7, 11) is 0. The van der Waals surface area contributed by atoms with E-state index >= 15 is 0 Å². The smallest absolute Gasteiger partial charge is 0.144 e. The lowest BCUT2D eigenvalue weighted by Crippen LogP contribution is -2.00. The Balaban J connectivity index is 2.06. The Morgan fingerprint density at radius 3 is 2.85 bits per heavy atom. The highest BCUT2D eigenvalue weighted by Crippen LogP contribution is 2.34. The molecule has 0 saturated carbocycles. The summed E-state index contributed by atoms with van der Waals surface area (Å²) in [5, 5.41) is 0.505. The van der Waals surface area contributed by atoms with Crippen LogP contribution in [0.3, 0.4) is 0 Å². The summed E-state index contributed by atoms with van der Waals surface area (Å²) in [5.74, 6) is 2.21. The Morgan fingerprint density at radius 2 is 2.00 bits per heavy atom. The molecule has 0 aliphatic carbocycles. The summed E-state index contributed by atoms with van der Waals surface area (Å²) in [6, 6.07) is 0. The van der Waals surface area contributed by atoms with Gasteiger partial charge in [0.1, 0.15) is 18.5 Å². The molecule has 0 spiro atoms. The van der Waals surface area contributed by atoms with E-state index in [4.69, 9.17) is 0 Å². The van der Waals surface area contributed by atoms with Crippen molar-refractivity contribution in [3.05, 3.63) is 18.5 Å². The molecule has 1 fully saturated rings. The Kier molecular flexibility index (Phi) is 3.13. The molecule has 1 aliphatic rings. The van der Waals surface area contributed by atoms with Crippen LogP contribution >= 0.6 is 11.8 Å². The lowest BCUT2D eigenvalue weighted by atomic mass is 10.1. The molecule has 1 unspecified atom stereocenters. The predicted molar refractivity (Wildman–Crippen MR) is 53.5 cm³/mol. The van der Waals surface area contributed by atoms with Gasteiger partial charge in [-0.25, -0.2) is 15.0 Å². The van der Waals surface area contributed by atoms with Gasteiger partial charge in [0.2, 0.25) is 0 Å². The number of aromatic nitrogens is 3. The first kappa shape index (κ1) is 8.94. The van der Waals surface area contributed by atoms with Crippen LogP contribution in [0.15, 0.2) is 12.7 Å². The Bertz CT molecular complexity index is 244. The standard InChI is InChI=1S/C9H13N3S/c1-2-4-8(13-5-3-1)9-11-6-10-7-12-9/h6-8H,1-5H2. The molecule has 4 heteroatoms. The van der Waals surface area contributed by atoms with E-state index in [1.54, 1.807) is 12.7 Å². The maximum atomic E-state index is 4.20. The molecule has 0 bridgehead atoms. The summed E-state index contributed by atoms with van der Waals surface area (Å²) in [4.78, 5) is 12.2. The summed E-state index contributed by atoms with van der Waals surface area (Å²) in [6.45, 7) is 0. The van der Waals surface area contributed by atoms with Crippen LogP contribution in [0.4, 0.5) is 0 Å². The average Bonchev–Trinajstić information content (AvgIpc) is 2.47. The Hall–Kier alpha value is -0.640. The molecule has 0 N–H and O–H groups in total. The van der Waals surface area contributed by atoms with Crippen molar-refractivity contribution in [3.8, 4) is 0 Å². The highest BCUT2D eigenvalue weighted by molar-refractivity contribution is 7.99. The normalized spacial score (nSPS) is 23.8. The van der Waals surface area contributed by atoms with E-state index in [9.17, 15) is 0 Å². The maximum Gasteiger partial charge on any atom is 0.144 e. The molecule has 1 aliphatic heterocycles. The fraction of sp³-hybridized carbons (Fsp3) is 0.667. The number of hydrogen-bond acceptors (Lipinski definition) is 4. The van der Waals surface area contributed by atoms with Crippen LogP contribution in [0, 0.1) is 0 Å². The van der Waals surface area contributed by atoms with Crippen molar-refractivity contribution in [3.63, 3.8) is 0 Å². The van der Waals surface area contributed by atoms with Gasteiger partial charge in [-0.15, -0.1) is 0 Å². The van der Waals surface area contributed by atoms with Crippen molar-refractivity contribution in [1.82, 2.24) is 15.0 Å². The van der Waals surface area contributed by atoms with Crippen molar-refractivity contribution < 1.29 is 0 Å². The van der Waals surface area contributed by atoms with E-state index < -0.39 is 0 Å². The third kappa shape index (κ3) is 2.40. The lowest BCUT2D eigenvalue weighted by molar-refractivity contribution is 0.662. The van der Waals surface area contributed by atoms with Crippen LogP contribution in [0.25, 0.3) is 0 Å². The van der Waals surface area contributed by atoms with Crippen LogP contribution < -0.4 is 0 Å². The molecule has 2 rings (SSSR count). The zero-order valence-corrected chi connectivity index (χ0v) is 8.33. The third-order valence-corrected chi connectivity index (χ3v) is 3.60. The van der Waals surface area contributed by atoms with Crippen molar-refractivity contribution in [1.29, 1.82) is 0 Å². The van der Waals surface area contributed by atoms with Gasteiger partial charge in [0.25, 0.3) is 0 Å². The van der Waals surface area contributed by atoms with E-state index in [1.807, 2.05) is 11.8 Å². The topological polar surface area (TPSA) is 38.7 Å². The predicted octanol–water partition coefficient (Wildman–Crippen LogP) is 2.22. The van der Waals surface area contributed by atoms with Crippen molar-refractivity contribution in [2.24, 2.45) is 0 Å². The van der Waals surface area contributed by atoms with E-state index in [0.717, 1.165) is 5.82 Å². The monoisotopic (exact) mass is 195 g/mol. The van der Waals surface area contributed by atoms with Gasteiger partial charge >= 0.3 is 0 Å². The van der Waals surface area contributed by atoms with Crippen LogP contribution in [0.2, 0.25) is 0 Å². The number of thioether (sulfide) groups is 1. The largest absolute Gasteiger partial charge is 0.225 e. The van der Waals surface area contributed by atoms with Crippen LogP contribution in [-0.2, 0) is 0 Å². The van der Waals surface area contributed by atoms with Gasteiger partial charge in [-0.1, -0.05) is 12.8 Å². The van der Waals surface area contributed by atoms with E-state index in [-0.39, 0.29) is 0 Å². The summed E-state index contributed by atoms with van der Waals surface area (Å²) < 4.78 is 0. The van der Waals surface area contributed by atoms with Gasteiger partial charge in [0.15, 0.2) is 0 Å². The Morgan fingerprint density at radius 1 is 1.15 bits per heavy atom. The maximum absolute atomic E-state index is 4.20. The molecule has 1 aromatic rings. The van der Waals surface area contributed by atoms with Crippen LogP contribution in [-0.4, -0.2) is 20.7 Å². The first-order valence-corrected chi connectivity index (χ1v) is 5.75. The van der Waals surface area contributed by atoms with Crippen LogP contribution in [0.5, 0.6) is 0 Å². The molecule has 1 atom stereocenters. The van der Waals surface area contributed by atoms with Gasteiger partial charge in [0, 0.05) is 0 Å². The van der Waals surface area contributed by atoms with Gasteiger partial charge in [-0.3, -0.25) is 0 Å². The SMILES string of the molecule is c1ncnc(C2CCCCCS2)n1. The second-order valence-electron chi connectivity index (χ2n) is 3.21. The molecule has 1 saturated heterocycles. The van der Waals surface area contributed by atoms with E-state index in [0.29, 0.717) is 5.25 Å².